The molecule has 0 saturated carbocycles. The van der Waals surface area contributed by atoms with E-state index < -0.39 is 0 Å². The lowest BCUT2D eigenvalue weighted by atomic mass is 10.2. The van der Waals surface area contributed by atoms with E-state index >= 15 is 0 Å². The summed E-state index contributed by atoms with van der Waals surface area (Å²) in [5.74, 6) is 1.28. The van der Waals surface area contributed by atoms with Crippen LogP contribution in [-0.2, 0) is 0 Å². The van der Waals surface area contributed by atoms with Gasteiger partial charge in [0.1, 0.15) is 0 Å². The normalized spacial score (nSPS) is 12.8. The van der Waals surface area contributed by atoms with Crippen LogP contribution < -0.4 is 5.73 Å². The first kappa shape index (κ1) is 12.1. The Hall–Kier alpha value is 0.0600. The standard InChI is InChI=1S/C10H14INOS/c1-7(5-13)6-14-10-3-2-8(12)4-9(10)11/h2-4,7,13H,5-6,12H2,1H3. The van der Waals surface area contributed by atoms with Crippen molar-refractivity contribution in [1.82, 2.24) is 0 Å². The lowest BCUT2D eigenvalue weighted by Gasteiger charge is -2.08. The summed E-state index contributed by atoms with van der Waals surface area (Å²) in [6.07, 6.45) is 0. The molecule has 0 aliphatic carbocycles. The van der Waals surface area contributed by atoms with Gasteiger partial charge in [-0.25, -0.2) is 0 Å². The van der Waals surface area contributed by atoms with Crippen molar-refractivity contribution in [2.24, 2.45) is 5.92 Å². The van der Waals surface area contributed by atoms with Gasteiger partial charge in [-0.15, -0.1) is 11.8 Å². The van der Waals surface area contributed by atoms with Crippen LogP contribution in [0, 0.1) is 9.49 Å². The molecular weight excluding hydrogens is 309 g/mol. The van der Waals surface area contributed by atoms with E-state index in [0.29, 0.717) is 5.92 Å². The molecule has 0 aliphatic rings. The maximum absolute atomic E-state index is 8.89. The Balaban J connectivity index is 2.59. The predicted molar refractivity (Wildman–Crippen MR) is 70.5 cm³/mol. The summed E-state index contributed by atoms with van der Waals surface area (Å²) < 4.78 is 1.18. The van der Waals surface area contributed by atoms with E-state index in [4.69, 9.17) is 10.8 Å². The van der Waals surface area contributed by atoms with Crippen molar-refractivity contribution in [3.63, 3.8) is 0 Å². The van der Waals surface area contributed by atoms with Gasteiger partial charge in [-0.1, -0.05) is 6.92 Å². The van der Waals surface area contributed by atoms with Crippen LogP contribution in [0.3, 0.4) is 0 Å². The van der Waals surface area contributed by atoms with Gasteiger partial charge in [0.15, 0.2) is 0 Å². The molecule has 1 unspecified atom stereocenters. The van der Waals surface area contributed by atoms with Crippen LogP contribution in [0.5, 0.6) is 0 Å². The largest absolute Gasteiger partial charge is 0.399 e. The number of rotatable bonds is 4. The molecule has 14 heavy (non-hydrogen) atoms. The third-order valence-electron chi connectivity index (χ3n) is 1.79. The van der Waals surface area contributed by atoms with Gasteiger partial charge < -0.3 is 10.8 Å². The topological polar surface area (TPSA) is 46.2 Å². The number of hydrogen-bond donors (Lipinski definition) is 2. The van der Waals surface area contributed by atoms with Gasteiger partial charge in [0.25, 0.3) is 0 Å². The fourth-order valence-electron chi connectivity index (χ4n) is 0.919. The SMILES string of the molecule is CC(CO)CSc1ccc(N)cc1I. The number of nitrogen functional groups attached to an aromatic ring is 1. The minimum Gasteiger partial charge on any atom is -0.399 e. The lowest BCUT2D eigenvalue weighted by Crippen LogP contribution is -2.03. The molecule has 0 aliphatic heterocycles. The zero-order valence-corrected chi connectivity index (χ0v) is 11.0. The van der Waals surface area contributed by atoms with Gasteiger partial charge in [0.2, 0.25) is 0 Å². The second-order valence-electron chi connectivity index (χ2n) is 3.29. The Bertz CT molecular complexity index is 306. The molecule has 0 bridgehead atoms. The summed E-state index contributed by atoms with van der Waals surface area (Å²) >= 11 is 4.05. The molecule has 0 heterocycles. The molecule has 0 fully saturated rings. The highest BCUT2D eigenvalue weighted by Gasteiger charge is 2.04. The highest BCUT2D eigenvalue weighted by atomic mass is 127. The number of anilines is 1. The smallest absolute Gasteiger partial charge is 0.0464 e. The fourth-order valence-corrected chi connectivity index (χ4v) is 2.86. The van der Waals surface area contributed by atoms with Crippen LogP contribution in [0.25, 0.3) is 0 Å². The van der Waals surface area contributed by atoms with Crippen molar-refractivity contribution in [1.29, 1.82) is 0 Å². The molecule has 3 N–H and O–H groups in total. The molecule has 1 atom stereocenters. The van der Waals surface area contributed by atoms with Gasteiger partial charge in [-0.3, -0.25) is 0 Å². The molecule has 78 valence electrons. The summed E-state index contributed by atoms with van der Waals surface area (Å²) in [6, 6.07) is 5.91. The van der Waals surface area contributed by atoms with Crippen molar-refractivity contribution in [2.45, 2.75) is 11.8 Å². The van der Waals surface area contributed by atoms with Crippen LogP contribution in [0.2, 0.25) is 0 Å². The molecule has 1 rings (SSSR count). The second kappa shape index (κ2) is 5.82. The monoisotopic (exact) mass is 323 g/mol. The molecule has 1 aromatic carbocycles. The summed E-state index contributed by atoms with van der Waals surface area (Å²) in [5.41, 5.74) is 6.46. The molecule has 0 radical (unpaired) electrons. The highest BCUT2D eigenvalue weighted by molar-refractivity contribution is 14.1. The Morgan fingerprint density at radius 1 is 1.57 bits per heavy atom. The third kappa shape index (κ3) is 3.67. The van der Waals surface area contributed by atoms with Crippen molar-refractivity contribution < 1.29 is 5.11 Å². The van der Waals surface area contributed by atoms with Gasteiger partial charge in [-0.2, -0.15) is 0 Å². The Morgan fingerprint density at radius 3 is 2.86 bits per heavy atom. The third-order valence-corrected chi connectivity index (χ3v) is 4.45. The number of benzene rings is 1. The first-order chi connectivity index (χ1) is 6.63. The maximum atomic E-state index is 8.89. The molecule has 4 heteroatoms. The molecule has 0 spiro atoms. The molecule has 0 amide bonds. The quantitative estimate of drug-likeness (QED) is 0.509. The van der Waals surface area contributed by atoms with E-state index in [1.165, 1.54) is 8.47 Å². The zero-order valence-electron chi connectivity index (χ0n) is 8.03. The van der Waals surface area contributed by atoms with E-state index in [0.717, 1.165) is 11.4 Å². The van der Waals surface area contributed by atoms with Crippen LogP contribution >= 0.6 is 34.4 Å². The lowest BCUT2D eigenvalue weighted by molar-refractivity contribution is 0.250. The van der Waals surface area contributed by atoms with E-state index in [-0.39, 0.29) is 6.61 Å². The predicted octanol–water partition coefficient (Wildman–Crippen LogP) is 2.59. The van der Waals surface area contributed by atoms with E-state index in [2.05, 4.69) is 22.6 Å². The minimum absolute atomic E-state index is 0.249. The Morgan fingerprint density at radius 2 is 2.29 bits per heavy atom. The average Bonchev–Trinajstić information content (AvgIpc) is 2.16. The number of thioether (sulfide) groups is 1. The number of nitrogens with two attached hydrogens (primary N) is 1. The first-order valence-electron chi connectivity index (χ1n) is 4.42. The number of aliphatic hydroxyl groups is 1. The average molecular weight is 323 g/mol. The second-order valence-corrected chi connectivity index (χ2v) is 5.51. The van der Waals surface area contributed by atoms with Crippen molar-refractivity contribution in [2.75, 3.05) is 18.1 Å². The summed E-state index contributed by atoms with van der Waals surface area (Å²) in [6.45, 7) is 2.29. The van der Waals surface area contributed by atoms with Gasteiger partial charge in [-0.05, 0) is 46.7 Å². The van der Waals surface area contributed by atoms with Crippen LogP contribution in [0.15, 0.2) is 23.1 Å². The Kier molecular flexibility index (Phi) is 5.05. The van der Waals surface area contributed by atoms with Gasteiger partial charge in [0, 0.05) is 26.5 Å². The van der Waals surface area contributed by atoms with E-state index in [9.17, 15) is 0 Å². The molecule has 1 aromatic rings. The van der Waals surface area contributed by atoms with Gasteiger partial charge in [0.05, 0.1) is 0 Å². The maximum Gasteiger partial charge on any atom is 0.0464 e. The minimum atomic E-state index is 0.249. The first-order valence-corrected chi connectivity index (χ1v) is 6.48. The van der Waals surface area contributed by atoms with Crippen molar-refractivity contribution >= 4 is 40.0 Å². The molecule has 2 nitrogen and oxygen atoms in total. The number of halogens is 1. The Labute approximate surface area is 102 Å². The number of aliphatic hydroxyl groups excluding tert-OH is 1. The summed E-state index contributed by atoms with van der Waals surface area (Å²) in [5, 5.41) is 8.89. The number of hydrogen-bond acceptors (Lipinski definition) is 3. The fraction of sp³-hybridized carbons (Fsp3) is 0.400. The van der Waals surface area contributed by atoms with Gasteiger partial charge >= 0.3 is 0 Å². The zero-order chi connectivity index (χ0) is 10.6. The molecular formula is C10H14INOS. The van der Waals surface area contributed by atoms with E-state index in [1.54, 1.807) is 11.8 Å². The molecule has 0 aromatic heterocycles. The van der Waals surface area contributed by atoms with Crippen molar-refractivity contribution in [3.05, 3.63) is 21.8 Å². The van der Waals surface area contributed by atoms with E-state index in [1.807, 2.05) is 25.1 Å². The van der Waals surface area contributed by atoms with Crippen LogP contribution in [0.1, 0.15) is 6.92 Å². The molecule has 0 saturated heterocycles. The highest BCUT2D eigenvalue weighted by Crippen LogP contribution is 2.27. The van der Waals surface area contributed by atoms with Crippen molar-refractivity contribution in [3.8, 4) is 0 Å². The van der Waals surface area contributed by atoms with Crippen LogP contribution in [0.4, 0.5) is 5.69 Å². The van der Waals surface area contributed by atoms with Crippen LogP contribution in [-0.4, -0.2) is 17.5 Å². The summed E-state index contributed by atoms with van der Waals surface area (Å²) in [4.78, 5) is 1.24. The summed E-state index contributed by atoms with van der Waals surface area (Å²) in [7, 11) is 0.